The van der Waals surface area contributed by atoms with Crippen LogP contribution in [0.2, 0.25) is 0 Å². The molecule has 0 spiro atoms. The second kappa shape index (κ2) is 15.7. The fraction of sp³-hybridized carbons (Fsp3) is 0.214. The van der Waals surface area contributed by atoms with Crippen molar-refractivity contribution in [3.8, 4) is 0 Å². The molecule has 290 valence electrons. The fourth-order valence-electron chi connectivity index (χ4n) is 10.2. The molecule has 0 radical (unpaired) electrons. The predicted octanol–water partition coefficient (Wildman–Crippen LogP) is 17.4. The summed E-state index contributed by atoms with van der Waals surface area (Å²) in [5.41, 5.74) is 10.1. The van der Waals surface area contributed by atoms with E-state index in [1.165, 1.54) is 151 Å². The van der Waals surface area contributed by atoms with Crippen molar-refractivity contribution in [1.82, 2.24) is 0 Å². The van der Waals surface area contributed by atoms with E-state index in [-0.39, 0.29) is 0 Å². The van der Waals surface area contributed by atoms with E-state index in [2.05, 4.69) is 180 Å². The van der Waals surface area contributed by atoms with Crippen molar-refractivity contribution < 1.29 is 0 Å². The number of fused-ring (bicyclic) bond motifs is 5. The van der Waals surface area contributed by atoms with E-state index in [1.807, 2.05) is 11.3 Å². The van der Waals surface area contributed by atoms with E-state index in [9.17, 15) is 0 Å². The number of thiophene rings is 1. The van der Waals surface area contributed by atoms with Gasteiger partial charge in [0.25, 0.3) is 0 Å². The van der Waals surface area contributed by atoms with E-state index in [0.29, 0.717) is 11.8 Å². The summed E-state index contributed by atoms with van der Waals surface area (Å²) in [6, 6.07) is 64.2. The number of rotatable bonds is 8. The summed E-state index contributed by atoms with van der Waals surface area (Å²) in [6.07, 6.45) is 13.4. The lowest BCUT2D eigenvalue weighted by atomic mass is 9.84. The molecule has 0 saturated heterocycles. The Balaban J connectivity index is 0.976. The van der Waals surface area contributed by atoms with Crippen molar-refractivity contribution in [1.29, 1.82) is 0 Å². The van der Waals surface area contributed by atoms with Gasteiger partial charge < -0.3 is 9.80 Å². The molecule has 0 N–H and O–H groups in total. The standard InChI is InChI=1S/C56H50N2S/c1-5-13-39(14-6-1)41-21-27-49(28-22-41)57(47-17-9-3-10-18-47)51-31-25-43-37-55-53(35-45(43)33-51)54-36-46-34-52(32-26-44(46)38-56(54)59-55)58(48-19-11-4-12-20-48)50-29-23-42(24-30-50)40-15-7-2-8-16-40/h3-4,9-12,17-40H,1-2,5-8,13-16H2. The first-order valence-corrected chi connectivity index (χ1v) is 22.8. The van der Waals surface area contributed by atoms with Crippen LogP contribution in [0.15, 0.2) is 170 Å². The Bertz CT molecular complexity index is 2680. The van der Waals surface area contributed by atoms with E-state index >= 15 is 0 Å². The van der Waals surface area contributed by atoms with Gasteiger partial charge in [-0.1, -0.05) is 111 Å². The molecule has 2 saturated carbocycles. The first-order chi connectivity index (χ1) is 29.2. The highest BCUT2D eigenvalue weighted by atomic mass is 32.1. The number of hydrogen-bond donors (Lipinski definition) is 0. The molecular formula is C56H50N2S. The Hall–Kier alpha value is -5.90. The molecule has 0 bridgehead atoms. The second-order valence-corrected chi connectivity index (χ2v) is 18.1. The Morgan fingerprint density at radius 1 is 0.322 bits per heavy atom. The molecule has 1 aromatic heterocycles. The van der Waals surface area contributed by atoms with Gasteiger partial charge in [0.2, 0.25) is 0 Å². The average Bonchev–Trinajstić information content (AvgIpc) is 3.65. The van der Waals surface area contributed by atoms with Crippen LogP contribution in [0.3, 0.4) is 0 Å². The molecule has 0 amide bonds. The molecule has 2 aliphatic carbocycles. The van der Waals surface area contributed by atoms with E-state index in [4.69, 9.17) is 0 Å². The highest BCUT2D eigenvalue weighted by Gasteiger charge is 2.20. The number of para-hydroxylation sites is 2. The molecule has 1 heterocycles. The molecule has 11 rings (SSSR count). The molecule has 0 aliphatic heterocycles. The third kappa shape index (κ3) is 7.06. The Morgan fingerprint density at radius 3 is 1.10 bits per heavy atom. The topological polar surface area (TPSA) is 6.48 Å². The number of hydrogen-bond acceptors (Lipinski definition) is 3. The summed E-state index contributed by atoms with van der Waals surface area (Å²) >= 11 is 1.90. The number of nitrogens with zero attached hydrogens (tertiary/aromatic N) is 2. The van der Waals surface area contributed by atoms with Crippen LogP contribution in [-0.2, 0) is 0 Å². The summed E-state index contributed by atoms with van der Waals surface area (Å²) in [7, 11) is 0. The monoisotopic (exact) mass is 782 g/mol. The minimum absolute atomic E-state index is 0.695. The van der Waals surface area contributed by atoms with Gasteiger partial charge in [0.1, 0.15) is 0 Å². The molecule has 2 fully saturated rings. The number of benzene rings is 8. The molecule has 0 atom stereocenters. The maximum absolute atomic E-state index is 2.43. The van der Waals surface area contributed by atoms with Gasteiger partial charge in [-0.2, -0.15) is 0 Å². The number of anilines is 6. The Kier molecular flexibility index (Phi) is 9.63. The minimum Gasteiger partial charge on any atom is -0.310 e. The van der Waals surface area contributed by atoms with Crippen molar-refractivity contribution in [3.63, 3.8) is 0 Å². The van der Waals surface area contributed by atoms with Crippen molar-refractivity contribution in [3.05, 3.63) is 181 Å². The van der Waals surface area contributed by atoms with Crippen LogP contribution in [0, 0.1) is 0 Å². The lowest BCUT2D eigenvalue weighted by Crippen LogP contribution is -2.10. The van der Waals surface area contributed by atoms with Gasteiger partial charge in [-0.05, 0) is 167 Å². The second-order valence-electron chi connectivity index (χ2n) is 17.1. The van der Waals surface area contributed by atoms with Crippen LogP contribution in [0.4, 0.5) is 34.1 Å². The molecule has 2 nitrogen and oxygen atoms in total. The van der Waals surface area contributed by atoms with Crippen LogP contribution in [0.25, 0.3) is 41.7 Å². The van der Waals surface area contributed by atoms with Crippen LogP contribution in [0.1, 0.15) is 87.2 Å². The molecule has 9 aromatic rings. The van der Waals surface area contributed by atoms with E-state index < -0.39 is 0 Å². The van der Waals surface area contributed by atoms with Gasteiger partial charge in [-0.3, -0.25) is 0 Å². The van der Waals surface area contributed by atoms with Crippen molar-refractivity contribution in [2.75, 3.05) is 9.80 Å². The van der Waals surface area contributed by atoms with Gasteiger partial charge >= 0.3 is 0 Å². The smallest absolute Gasteiger partial charge is 0.0468 e. The van der Waals surface area contributed by atoms with Crippen LogP contribution in [-0.4, -0.2) is 0 Å². The van der Waals surface area contributed by atoms with Crippen molar-refractivity contribution >= 4 is 87.2 Å². The summed E-state index contributed by atoms with van der Waals surface area (Å²) < 4.78 is 2.66. The highest BCUT2D eigenvalue weighted by molar-refractivity contribution is 7.26. The van der Waals surface area contributed by atoms with E-state index in [0.717, 1.165) is 0 Å². The first kappa shape index (κ1) is 36.2. The lowest BCUT2D eigenvalue weighted by Gasteiger charge is -2.27. The van der Waals surface area contributed by atoms with Crippen LogP contribution >= 0.6 is 11.3 Å². The molecule has 59 heavy (non-hydrogen) atoms. The largest absolute Gasteiger partial charge is 0.310 e. The minimum atomic E-state index is 0.695. The first-order valence-electron chi connectivity index (χ1n) is 22.0. The molecular weight excluding hydrogens is 733 g/mol. The SMILES string of the molecule is c1ccc(N(c2ccc(C3CCCCC3)cc2)c2ccc3cc4sc5cc6ccc(N(c7ccccc7)c7ccc(C8CCCCC8)cc7)cc6cc5c4cc3c2)cc1. The molecule has 0 unspecified atom stereocenters. The normalized spacial score (nSPS) is 15.3. The zero-order valence-corrected chi connectivity index (χ0v) is 34.5. The van der Waals surface area contributed by atoms with Gasteiger partial charge in [-0.25, -0.2) is 0 Å². The quantitative estimate of drug-likeness (QED) is 0.151. The van der Waals surface area contributed by atoms with Gasteiger partial charge in [-0.15, -0.1) is 11.3 Å². The summed E-state index contributed by atoms with van der Waals surface area (Å²) in [6.45, 7) is 0. The van der Waals surface area contributed by atoms with Gasteiger partial charge in [0.05, 0.1) is 0 Å². The highest BCUT2D eigenvalue weighted by Crippen LogP contribution is 2.44. The van der Waals surface area contributed by atoms with E-state index in [1.54, 1.807) is 0 Å². The zero-order valence-electron chi connectivity index (χ0n) is 33.7. The Morgan fingerprint density at radius 2 is 0.695 bits per heavy atom. The third-order valence-electron chi connectivity index (χ3n) is 13.4. The third-order valence-corrected chi connectivity index (χ3v) is 14.5. The summed E-state index contributed by atoms with van der Waals surface area (Å²) in [5, 5.41) is 7.71. The van der Waals surface area contributed by atoms with Crippen LogP contribution < -0.4 is 9.80 Å². The van der Waals surface area contributed by atoms with Crippen LogP contribution in [0.5, 0.6) is 0 Å². The molecule has 8 aromatic carbocycles. The fourth-order valence-corrected chi connectivity index (χ4v) is 11.4. The zero-order chi connectivity index (χ0) is 39.1. The van der Waals surface area contributed by atoms with Crippen molar-refractivity contribution in [2.24, 2.45) is 0 Å². The maximum Gasteiger partial charge on any atom is 0.0468 e. The molecule has 3 heteroatoms. The van der Waals surface area contributed by atoms with Gasteiger partial charge in [0.15, 0.2) is 0 Å². The average molecular weight is 783 g/mol. The summed E-state index contributed by atoms with van der Waals surface area (Å²) in [5.74, 6) is 1.39. The lowest BCUT2D eigenvalue weighted by molar-refractivity contribution is 0.443. The Labute approximate surface area is 352 Å². The van der Waals surface area contributed by atoms with Gasteiger partial charge in [0, 0.05) is 54.3 Å². The van der Waals surface area contributed by atoms with Crippen molar-refractivity contribution in [2.45, 2.75) is 76.0 Å². The summed E-state index contributed by atoms with van der Waals surface area (Å²) in [4.78, 5) is 4.83. The predicted molar refractivity (Wildman–Crippen MR) is 255 cm³/mol. The molecule has 2 aliphatic rings. The maximum atomic E-state index is 2.43.